The van der Waals surface area contributed by atoms with Crippen molar-refractivity contribution < 1.29 is 9.46 Å². The second-order valence-corrected chi connectivity index (χ2v) is 7.93. The molecule has 2 rings (SSSR count). The van der Waals surface area contributed by atoms with Gasteiger partial charge in [0, 0.05) is 10.1 Å². The third-order valence-corrected chi connectivity index (χ3v) is 7.28. The van der Waals surface area contributed by atoms with E-state index < -0.39 is 7.37 Å². The van der Waals surface area contributed by atoms with Crippen molar-refractivity contribution in [3.63, 3.8) is 0 Å². The van der Waals surface area contributed by atoms with Gasteiger partial charge in [-0.3, -0.25) is 4.57 Å². The van der Waals surface area contributed by atoms with Gasteiger partial charge in [0.2, 0.25) is 7.37 Å². The van der Waals surface area contributed by atoms with Gasteiger partial charge in [-0.05, 0) is 25.0 Å². The maximum absolute atomic E-state index is 12.5. The number of alkyl halides is 1. The molecule has 1 saturated carbocycles. The summed E-state index contributed by atoms with van der Waals surface area (Å²) in [6, 6.07) is 9.04. The standard InChI is InChI=1S/C12H16BrO2P/c13-11-8-4-5-9-12(11)16(14,15)10-6-2-1-3-7-10/h1-3,6-7,11-12H,4-5,8-9H2,(H,14,15). The van der Waals surface area contributed by atoms with Crippen molar-refractivity contribution in [1.82, 2.24) is 0 Å². The van der Waals surface area contributed by atoms with E-state index >= 15 is 0 Å². The molecule has 3 unspecified atom stereocenters. The van der Waals surface area contributed by atoms with E-state index in [1.54, 1.807) is 12.1 Å². The van der Waals surface area contributed by atoms with Crippen LogP contribution in [0.5, 0.6) is 0 Å². The van der Waals surface area contributed by atoms with Crippen molar-refractivity contribution in [3.8, 4) is 0 Å². The predicted molar refractivity (Wildman–Crippen MR) is 70.9 cm³/mol. The monoisotopic (exact) mass is 302 g/mol. The van der Waals surface area contributed by atoms with Gasteiger partial charge in [0.25, 0.3) is 0 Å². The number of hydrogen-bond acceptors (Lipinski definition) is 1. The van der Waals surface area contributed by atoms with Crippen molar-refractivity contribution in [3.05, 3.63) is 30.3 Å². The van der Waals surface area contributed by atoms with Gasteiger partial charge in [-0.1, -0.05) is 47.0 Å². The van der Waals surface area contributed by atoms with E-state index in [-0.39, 0.29) is 10.5 Å². The first-order valence-corrected chi connectivity index (χ1v) is 8.29. The second-order valence-electron chi connectivity index (χ2n) is 4.33. The number of hydrogen-bond donors (Lipinski definition) is 1. The molecule has 0 aromatic heterocycles. The maximum Gasteiger partial charge on any atom is 0.233 e. The molecule has 4 heteroatoms. The molecule has 16 heavy (non-hydrogen) atoms. The second kappa shape index (κ2) is 5.03. The van der Waals surface area contributed by atoms with Gasteiger partial charge in [-0.15, -0.1) is 0 Å². The van der Waals surface area contributed by atoms with Gasteiger partial charge in [-0.25, -0.2) is 0 Å². The zero-order valence-electron chi connectivity index (χ0n) is 9.05. The highest BCUT2D eigenvalue weighted by Gasteiger charge is 2.38. The summed E-state index contributed by atoms with van der Waals surface area (Å²) in [5.74, 6) is 0. The summed E-state index contributed by atoms with van der Waals surface area (Å²) in [6.45, 7) is 0. The Kier molecular flexibility index (Phi) is 3.89. The van der Waals surface area contributed by atoms with E-state index in [2.05, 4.69) is 15.9 Å². The van der Waals surface area contributed by atoms with Gasteiger partial charge in [-0.2, -0.15) is 0 Å². The van der Waals surface area contributed by atoms with Crippen LogP contribution in [0.15, 0.2) is 30.3 Å². The molecule has 1 aliphatic rings. The fourth-order valence-corrected chi connectivity index (χ4v) is 5.95. The molecule has 0 saturated heterocycles. The highest BCUT2D eigenvalue weighted by atomic mass is 79.9. The summed E-state index contributed by atoms with van der Waals surface area (Å²) < 4.78 is 12.5. The smallest absolute Gasteiger partial charge is 0.233 e. The summed E-state index contributed by atoms with van der Waals surface area (Å²) in [7, 11) is -3.22. The van der Waals surface area contributed by atoms with Crippen molar-refractivity contribution in [2.24, 2.45) is 0 Å². The quantitative estimate of drug-likeness (QED) is 0.672. The molecule has 1 fully saturated rings. The van der Waals surface area contributed by atoms with Crippen LogP contribution in [-0.4, -0.2) is 15.4 Å². The van der Waals surface area contributed by atoms with Gasteiger partial charge in [0.1, 0.15) is 0 Å². The van der Waals surface area contributed by atoms with Crippen molar-refractivity contribution in [2.75, 3.05) is 0 Å². The molecule has 1 N–H and O–H groups in total. The van der Waals surface area contributed by atoms with E-state index in [1.807, 2.05) is 18.2 Å². The summed E-state index contributed by atoms with van der Waals surface area (Å²) in [6.07, 6.45) is 4.06. The van der Waals surface area contributed by atoms with Crippen LogP contribution in [0.25, 0.3) is 0 Å². The van der Waals surface area contributed by atoms with Crippen LogP contribution < -0.4 is 5.30 Å². The molecule has 0 spiro atoms. The average Bonchev–Trinajstić information content (AvgIpc) is 2.30. The van der Waals surface area contributed by atoms with Crippen LogP contribution in [-0.2, 0) is 4.57 Å². The molecule has 2 nitrogen and oxygen atoms in total. The molecule has 0 radical (unpaired) electrons. The molecule has 0 amide bonds. The Hall–Kier alpha value is -0.110. The molecule has 1 aromatic rings. The summed E-state index contributed by atoms with van der Waals surface area (Å²) in [5, 5.41) is 0.589. The number of halogens is 1. The Morgan fingerprint density at radius 3 is 2.44 bits per heavy atom. The molecule has 3 atom stereocenters. The highest BCUT2D eigenvalue weighted by Crippen LogP contribution is 2.52. The van der Waals surface area contributed by atoms with Gasteiger partial charge < -0.3 is 4.89 Å². The largest absolute Gasteiger partial charge is 0.341 e. The van der Waals surface area contributed by atoms with Gasteiger partial charge >= 0.3 is 0 Å². The summed E-state index contributed by atoms with van der Waals surface area (Å²) in [5.41, 5.74) is -0.122. The zero-order valence-corrected chi connectivity index (χ0v) is 11.5. The predicted octanol–water partition coefficient (Wildman–Crippen LogP) is 3.29. The third-order valence-electron chi connectivity index (χ3n) is 3.22. The van der Waals surface area contributed by atoms with Crippen molar-refractivity contribution in [2.45, 2.75) is 36.2 Å². The Bertz CT molecular complexity index is 393. The Labute approximate surface area is 105 Å². The van der Waals surface area contributed by atoms with E-state index in [0.29, 0.717) is 5.30 Å². The van der Waals surface area contributed by atoms with Crippen LogP contribution in [0.1, 0.15) is 25.7 Å². The molecule has 0 bridgehead atoms. The van der Waals surface area contributed by atoms with E-state index in [9.17, 15) is 9.46 Å². The summed E-state index contributed by atoms with van der Waals surface area (Å²) in [4.78, 5) is 10.5. The van der Waals surface area contributed by atoms with Crippen molar-refractivity contribution in [1.29, 1.82) is 0 Å². The number of rotatable bonds is 2. The van der Waals surface area contributed by atoms with E-state index in [4.69, 9.17) is 0 Å². The topological polar surface area (TPSA) is 37.3 Å². The molecule has 0 aliphatic heterocycles. The lowest BCUT2D eigenvalue weighted by atomic mass is 10.0. The number of benzene rings is 1. The molecule has 1 aromatic carbocycles. The van der Waals surface area contributed by atoms with E-state index in [0.717, 1.165) is 25.7 Å². The molecule has 88 valence electrons. The van der Waals surface area contributed by atoms with Crippen molar-refractivity contribution >= 4 is 28.6 Å². The minimum atomic E-state index is -3.22. The first kappa shape index (κ1) is 12.3. The third kappa shape index (κ3) is 2.42. The lowest BCUT2D eigenvalue weighted by Crippen LogP contribution is -2.29. The normalized spacial score (nSPS) is 29.6. The zero-order chi connectivity index (χ0) is 11.6. The lowest BCUT2D eigenvalue weighted by Gasteiger charge is -2.31. The molecular formula is C12H16BrO2P. The van der Waals surface area contributed by atoms with Crippen LogP contribution >= 0.6 is 23.3 Å². The highest BCUT2D eigenvalue weighted by molar-refractivity contribution is 9.09. The van der Waals surface area contributed by atoms with Crippen LogP contribution in [0.2, 0.25) is 0 Å². The average molecular weight is 303 g/mol. The van der Waals surface area contributed by atoms with Crippen LogP contribution in [0.3, 0.4) is 0 Å². The molecule has 1 aliphatic carbocycles. The molecular weight excluding hydrogens is 287 g/mol. The van der Waals surface area contributed by atoms with Crippen LogP contribution in [0, 0.1) is 0 Å². The van der Waals surface area contributed by atoms with Gasteiger partial charge in [0.05, 0.1) is 5.66 Å². The molecule has 0 heterocycles. The Morgan fingerprint density at radius 1 is 1.19 bits per heavy atom. The maximum atomic E-state index is 12.5. The van der Waals surface area contributed by atoms with Crippen LogP contribution in [0.4, 0.5) is 0 Å². The fraction of sp³-hybridized carbons (Fsp3) is 0.500. The Morgan fingerprint density at radius 2 is 1.81 bits per heavy atom. The fourth-order valence-electron chi connectivity index (χ4n) is 2.29. The minimum Gasteiger partial charge on any atom is -0.341 e. The Balaban J connectivity index is 2.27. The first-order valence-electron chi connectivity index (χ1n) is 5.64. The first-order chi connectivity index (χ1) is 7.62. The minimum absolute atomic E-state index is 0.122. The lowest BCUT2D eigenvalue weighted by molar-refractivity contribution is 0.439. The summed E-state index contributed by atoms with van der Waals surface area (Å²) >= 11 is 3.56. The van der Waals surface area contributed by atoms with E-state index in [1.165, 1.54) is 0 Å². The van der Waals surface area contributed by atoms with Gasteiger partial charge in [0.15, 0.2) is 0 Å². The SMILES string of the molecule is O=P(O)(c1ccccc1)C1CCCCC1Br.